The summed E-state index contributed by atoms with van der Waals surface area (Å²) in [6.45, 7) is 4.41. The van der Waals surface area contributed by atoms with E-state index in [0.29, 0.717) is 13.2 Å². The molecule has 1 aromatic rings. The van der Waals surface area contributed by atoms with Gasteiger partial charge in [0, 0.05) is 13.2 Å². The van der Waals surface area contributed by atoms with Crippen LogP contribution < -0.4 is 4.74 Å². The van der Waals surface area contributed by atoms with Gasteiger partial charge in [0.05, 0.1) is 9.85 Å². The summed E-state index contributed by atoms with van der Waals surface area (Å²) in [5.41, 5.74) is -1.07. The van der Waals surface area contributed by atoms with Crippen LogP contribution in [0.5, 0.6) is 5.88 Å². The van der Waals surface area contributed by atoms with Gasteiger partial charge in [0.15, 0.2) is 6.29 Å². The summed E-state index contributed by atoms with van der Waals surface area (Å²) in [7, 11) is 0. The molecule has 0 radical (unpaired) electrons. The van der Waals surface area contributed by atoms with Gasteiger partial charge in [-0.2, -0.15) is 0 Å². The molecule has 10 nitrogen and oxygen atoms in total. The first kappa shape index (κ1) is 17.7. The zero-order valence-corrected chi connectivity index (χ0v) is 12.3. The lowest BCUT2D eigenvalue weighted by molar-refractivity contribution is -0.395. The quantitative estimate of drug-likeness (QED) is 0.364. The molecule has 1 unspecified atom stereocenters. The van der Waals surface area contributed by atoms with E-state index in [4.69, 9.17) is 14.2 Å². The Bertz CT molecular complexity index is 523. The highest BCUT2D eigenvalue weighted by atomic mass is 16.7. The topological polar surface area (TPSA) is 127 Å². The molecular formula is C12H17N3O7. The number of ether oxygens (including phenoxy) is 3. The molecule has 0 saturated heterocycles. The average Bonchev–Trinajstić information content (AvgIpc) is 2.49. The fourth-order valence-electron chi connectivity index (χ4n) is 1.50. The van der Waals surface area contributed by atoms with Crippen LogP contribution in [0, 0.1) is 20.2 Å². The second-order valence-electron chi connectivity index (χ2n) is 4.10. The van der Waals surface area contributed by atoms with Crippen molar-refractivity contribution in [3.05, 3.63) is 32.5 Å². The Hall–Kier alpha value is -2.33. The van der Waals surface area contributed by atoms with Crippen molar-refractivity contribution in [1.29, 1.82) is 0 Å². The average molecular weight is 315 g/mol. The third-order valence-corrected chi connectivity index (χ3v) is 2.44. The van der Waals surface area contributed by atoms with E-state index < -0.39 is 27.5 Å². The Balaban J connectivity index is 2.82. The van der Waals surface area contributed by atoms with Gasteiger partial charge in [-0.25, -0.2) is 4.98 Å². The second-order valence-corrected chi connectivity index (χ2v) is 4.10. The van der Waals surface area contributed by atoms with E-state index in [1.807, 2.05) is 6.92 Å². The zero-order chi connectivity index (χ0) is 16.5. The number of hydrogen-bond donors (Lipinski definition) is 0. The Morgan fingerprint density at radius 2 is 1.95 bits per heavy atom. The van der Waals surface area contributed by atoms with Crippen LogP contribution in [0.1, 0.15) is 20.3 Å². The molecule has 1 aromatic heterocycles. The minimum Gasteiger partial charge on any atom is -0.467 e. The SMILES string of the molecule is CCCOC(COc1ncc([N+](=O)[O-])cc1[N+](=O)[O-])OCC. The van der Waals surface area contributed by atoms with Crippen LogP contribution in [0.4, 0.5) is 11.4 Å². The molecule has 0 aromatic carbocycles. The molecule has 0 amide bonds. The Morgan fingerprint density at radius 1 is 1.23 bits per heavy atom. The van der Waals surface area contributed by atoms with E-state index in [0.717, 1.165) is 18.7 Å². The molecule has 122 valence electrons. The van der Waals surface area contributed by atoms with Crippen molar-refractivity contribution in [3.63, 3.8) is 0 Å². The van der Waals surface area contributed by atoms with Crippen molar-refractivity contribution in [2.45, 2.75) is 26.6 Å². The third-order valence-electron chi connectivity index (χ3n) is 2.44. The summed E-state index contributed by atoms with van der Waals surface area (Å²) >= 11 is 0. The highest BCUT2D eigenvalue weighted by Crippen LogP contribution is 2.28. The lowest BCUT2D eigenvalue weighted by Gasteiger charge is -2.17. The summed E-state index contributed by atoms with van der Waals surface area (Å²) in [5, 5.41) is 21.6. The van der Waals surface area contributed by atoms with Crippen LogP contribution in [0.25, 0.3) is 0 Å². The maximum atomic E-state index is 10.9. The lowest BCUT2D eigenvalue weighted by atomic mass is 10.3. The monoisotopic (exact) mass is 315 g/mol. The van der Waals surface area contributed by atoms with E-state index >= 15 is 0 Å². The highest BCUT2D eigenvalue weighted by molar-refractivity contribution is 5.48. The predicted molar refractivity (Wildman–Crippen MR) is 74.7 cm³/mol. The second kappa shape index (κ2) is 8.85. The third kappa shape index (κ3) is 5.22. The van der Waals surface area contributed by atoms with E-state index in [1.54, 1.807) is 6.92 Å². The summed E-state index contributed by atoms with van der Waals surface area (Å²) in [5.74, 6) is -0.319. The number of rotatable bonds is 10. The molecule has 0 spiro atoms. The summed E-state index contributed by atoms with van der Waals surface area (Å²) in [6.07, 6.45) is 0.978. The van der Waals surface area contributed by atoms with Gasteiger partial charge in [-0.1, -0.05) is 6.92 Å². The van der Waals surface area contributed by atoms with Crippen LogP contribution in [-0.2, 0) is 9.47 Å². The smallest absolute Gasteiger partial charge is 0.337 e. The number of nitro groups is 2. The fourth-order valence-corrected chi connectivity index (χ4v) is 1.50. The number of aromatic nitrogens is 1. The molecule has 0 aliphatic heterocycles. The van der Waals surface area contributed by atoms with Crippen LogP contribution in [0.2, 0.25) is 0 Å². The zero-order valence-electron chi connectivity index (χ0n) is 12.3. The van der Waals surface area contributed by atoms with Gasteiger partial charge in [-0.3, -0.25) is 20.2 Å². The first-order valence-electron chi connectivity index (χ1n) is 6.64. The molecular weight excluding hydrogens is 298 g/mol. The highest BCUT2D eigenvalue weighted by Gasteiger charge is 2.23. The molecule has 22 heavy (non-hydrogen) atoms. The van der Waals surface area contributed by atoms with E-state index in [1.165, 1.54) is 0 Å². The Morgan fingerprint density at radius 3 is 2.50 bits per heavy atom. The molecule has 10 heteroatoms. The Kier molecular flexibility index (Phi) is 7.13. The van der Waals surface area contributed by atoms with E-state index in [2.05, 4.69) is 4.98 Å². The number of nitrogens with zero attached hydrogens (tertiary/aromatic N) is 3. The predicted octanol–water partition coefficient (Wildman–Crippen LogP) is 2.07. The standard InChI is InChI=1S/C12H17N3O7/c1-3-5-21-11(20-4-2)8-22-12-10(15(18)19)6-9(7-13-12)14(16)17/h6-7,11H,3-5,8H2,1-2H3. The minimum absolute atomic E-state index is 0.112. The van der Waals surface area contributed by atoms with Crippen LogP contribution in [0.3, 0.4) is 0 Å². The molecule has 0 fully saturated rings. The molecule has 0 saturated carbocycles. The van der Waals surface area contributed by atoms with Gasteiger partial charge in [0.1, 0.15) is 18.9 Å². The first-order chi connectivity index (χ1) is 10.5. The summed E-state index contributed by atoms with van der Waals surface area (Å²) < 4.78 is 15.9. The maximum Gasteiger partial charge on any atom is 0.337 e. The normalized spacial score (nSPS) is 11.9. The van der Waals surface area contributed by atoms with Crippen molar-refractivity contribution in [2.24, 2.45) is 0 Å². The minimum atomic E-state index is -0.794. The van der Waals surface area contributed by atoms with E-state index in [-0.39, 0.29) is 12.5 Å². The van der Waals surface area contributed by atoms with Crippen molar-refractivity contribution < 1.29 is 24.1 Å². The fraction of sp³-hybridized carbons (Fsp3) is 0.583. The van der Waals surface area contributed by atoms with Crippen LogP contribution in [0.15, 0.2) is 12.3 Å². The lowest BCUT2D eigenvalue weighted by Crippen LogP contribution is -2.26. The number of hydrogen-bond acceptors (Lipinski definition) is 8. The van der Waals surface area contributed by atoms with Gasteiger partial charge >= 0.3 is 5.69 Å². The maximum absolute atomic E-state index is 10.9. The van der Waals surface area contributed by atoms with E-state index in [9.17, 15) is 20.2 Å². The van der Waals surface area contributed by atoms with Gasteiger partial charge in [-0.05, 0) is 13.3 Å². The van der Waals surface area contributed by atoms with Crippen molar-refractivity contribution in [1.82, 2.24) is 4.98 Å². The van der Waals surface area contributed by atoms with Crippen LogP contribution >= 0.6 is 0 Å². The molecule has 0 aliphatic rings. The van der Waals surface area contributed by atoms with Gasteiger partial charge < -0.3 is 14.2 Å². The summed E-state index contributed by atoms with van der Waals surface area (Å²) in [4.78, 5) is 23.6. The molecule has 0 bridgehead atoms. The molecule has 1 atom stereocenters. The van der Waals surface area contributed by atoms with Gasteiger partial charge in [-0.15, -0.1) is 0 Å². The van der Waals surface area contributed by atoms with Crippen LogP contribution in [-0.4, -0.2) is 40.9 Å². The number of pyridine rings is 1. The largest absolute Gasteiger partial charge is 0.467 e. The van der Waals surface area contributed by atoms with Crippen molar-refractivity contribution >= 4 is 11.4 Å². The van der Waals surface area contributed by atoms with Gasteiger partial charge in [0.25, 0.3) is 11.6 Å². The summed E-state index contributed by atoms with van der Waals surface area (Å²) in [6, 6.07) is 0.797. The molecule has 1 heterocycles. The molecule has 0 aliphatic carbocycles. The Labute approximate surface area is 126 Å². The molecule has 1 rings (SSSR count). The molecule has 0 N–H and O–H groups in total. The first-order valence-corrected chi connectivity index (χ1v) is 6.64. The van der Waals surface area contributed by atoms with Gasteiger partial charge in [0.2, 0.25) is 0 Å². The van der Waals surface area contributed by atoms with Crippen molar-refractivity contribution in [3.8, 4) is 5.88 Å². The van der Waals surface area contributed by atoms with Crippen molar-refractivity contribution in [2.75, 3.05) is 19.8 Å².